The van der Waals surface area contributed by atoms with Gasteiger partial charge in [0, 0.05) is 31.3 Å². The Balaban J connectivity index is 1.81. The average Bonchev–Trinajstić information content (AvgIpc) is 2.47. The Labute approximate surface area is 113 Å². The molecule has 19 heavy (non-hydrogen) atoms. The number of hydrogen-bond donors (Lipinski definition) is 0. The quantitative estimate of drug-likeness (QED) is 0.743. The molecule has 0 fully saturated rings. The van der Waals surface area contributed by atoms with Gasteiger partial charge in [0.25, 0.3) is 0 Å². The highest BCUT2D eigenvalue weighted by Crippen LogP contribution is 2.05. The number of hydrogen-bond acceptors (Lipinski definition) is 3. The van der Waals surface area contributed by atoms with Gasteiger partial charge in [-0.25, -0.2) is 0 Å². The summed E-state index contributed by atoms with van der Waals surface area (Å²) in [6.45, 7) is 1.51. The molecule has 0 aliphatic carbocycles. The monoisotopic (exact) mass is 254 g/mol. The molecule has 0 spiro atoms. The topological polar surface area (TPSA) is 33.2 Å². The van der Waals surface area contributed by atoms with Crippen molar-refractivity contribution in [2.75, 3.05) is 13.6 Å². The molecular formula is C16H18N2O. The van der Waals surface area contributed by atoms with Crippen LogP contribution in [0.5, 0.6) is 0 Å². The summed E-state index contributed by atoms with van der Waals surface area (Å²) in [6.07, 6.45) is 2.33. The third-order valence-electron chi connectivity index (χ3n) is 2.97. The van der Waals surface area contributed by atoms with Gasteiger partial charge in [-0.15, -0.1) is 0 Å². The zero-order chi connectivity index (χ0) is 13.5. The van der Waals surface area contributed by atoms with Gasteiger partial charge < -0.3 is 4.90 Å². The highest BCUT2D eigenvalue weighted by Gasteiger charge is 2.07. The summed E-state index contributed by atoms with van der Waals surface area (Å²) < 4.78 is 0. The second-order valence-corrected chi connectivity index (χ2v) is 4.60. The number of Topliss-reactive ketones (excluding diaryl/α,β-unsaturated/α-hetero) is 1. The third kappa shape index (κ3) is 4.30. The molecule has 0 aliphatic rings. The number of carbonyl (C=O) groups excluding carboxylic acids is 1. The van der Waals surface area contributed by atoms with Gasteiger partial charge in [-0.05, 0) is 19.2 Å². The van der Waals surface area contributed by atoms with Gasteiger partial charge in [-0.2, -0.15) is 0 Å². The smallest absolute Gasteiger partial charge is 0.164 e. The summed E-state index contributed by atoms with van der Waals surface area (Å²) >= 11 is 0. The van der Waals surface area contributed by atoms with Crippen LogP contribution in [0.1, 0.15) is 22.5 Å². The lowest BCUT2D eigenvalue weighted by molar-refractivity contribution is 0.0967. The minimum Gasteiger partial charge on any atom is -0.300 e. The summed E-state index contributed by atoms with van der Waals surface area (Å²) in [5, 5.41) is 0. The van der Waals surface area contributed by atoms with E-state index in [2.05, 4.69) is 9.88 Å². The number of ketones is 1. The molecule has 0 bridgehead atoms. The molecule has 3 nitrogen and oxygen atoms in total. The van der Waals surface area contributed by atoms with Gasteiger partial charge in [-0.1, -0.05) is 36.4 Å². The maximum Gasteiger partial charge on any atom is 0.164 e. The van der Waals surface area contributed by atoms with Crippen molar-refractivity contribution in [3.63, 3.8) is 0 Å². The SMILES string of the molecule is CN(CCC(=O)c1ccccc1)Cc1ccccn1. The van der Waals surface area contributed by atoms with Crippen molar-refractivity contribution in [3.05, 3.63) is 66.0 Å². The molecule has 0 N–H and O–H groups in total. The van der Waals surface area contributed by atoms with Gasteiger partial charge in [0.1, 0.15) is 0 Å². The molecule has 0 aliphatic heterocycles. The Bertz CT molecular complexity index is 511. The van der Waals surface area contributed by atoms with Crippen molar-refractivity contribution >= 4 is 5.78 Å². The summed E-state index contributed by atoms with van der Waals surface area (Å²) in [5.74, 6) is 0.188. The molecule has 98 valence electrons. The maximum atomic E-state index is 12.0. The van der Waals surface area contributed by atoms with Crippen molar-refractivity contribution < 1.29 is 4.79 Å². The molecule has 2 rings (SSSR count). The van der Waals surface area contributed by atoms with Gasteiger partial charge in [0.2, 0.25) is 0 Å². The van der Waals surface area contributed by atoms with Gasteiger partial charge in [-0.3, -0.25) is 9.78 Å². The van der Waals surface area contributed by atoms with E-state index < -0.39 is 0 Å². The number of pyridine rings is 1. The van der Waals surface area contributed by atoms with Gasteiger partial charge >= 0.3 is 0 Å². The molecule has 1 aromatic carbocycles. The van der Waals surface area contributed by atoms with Crippen LogP contribution in [-0.4, -0.2) is 29.3 Å². The lowest BCUT2D eigenvalue weighted by Crippen LogP contribution is -2.22. The predicted octanol–water partition coefficient (Wildman–Crippen LogP) is 2.79. The van der Waals surface area contributed by atoms with Crippen LogP contribution in [0.4, 0.5) is 0 Å². The lowest BCUT2D eigenvalue weighted by atomic mass is 10.1. The fourth-order valence-corrected chi connectivity index (χ4v) is 1.91. The molecule has 0 radical (unpaired) electrons. The zero-order valence-electron chi connectivity index (χ0n) is 11.1. The van der Waals surface area contributed by atoms with Crippen LogP contribution in [0.15, 0.2) is 54.7 Å². The van der Waals surface area contributed by atoms with E-state index in [1.807, 2.05) is 55.6 Å². The maximum absolute atomic E-state index is 12.0. The number of carbonyl (C=O) groups is 1. The van der Waals surface area contributed by atoms with Crippen LogP contribution in [0, 0.1) is 0 Å². The van der Waals surface area contributed by atoms with E-state index in [0.29, 0.717) is 6.42 Å². The Morgan fingerprint density at radius 2 is 1.84 bits per heavy atom. The van der Waals surface area contributed by atoms with Crippen LogP contribution < -0.4 is 0 Å². The molecule has 0 saturated heterocycles. The van der Waals surface area contributed by atoms with Gasteiger partial charge in [0.05, 0.1) is 5.69 Å². The largest absolute Gasteiger partial charge is 0.300 e. The molecule has 0 amide bonds. The summed E-state index contributed by atoms with van der Waals surface area (Å²) in [6, 6.07) is 15.3. The van der Waals surface area contributed by atoms with Crippen molar-refractivity contribution in [3.8, 4) is 0 Å². The highest BCUT2D eigenvalue weighted by atomic mass is 16.1. The van der Waals surface area contributed by atoms with Crippen LogP contribution in [-0.2, 0) is 6.54 Å². The molecule has 0 unspecified atom stereocenters. The molecular weight excluding hydrogens is 236 g/mol. The van der Waals surface area contributed by atoms with Gasteiger partial charge in [0.15, 0.2) is 5.78 Å². The van der Waals surface area contributed by atoms with E-state index in [1.54, 1.807) is 6.20 Å². The van der Waals surface area contributed by atoms with E-state index in [-0.39, 0.29) is 5.78 Å². The number of aromatic nitrogens is 1. The molecule has 1 aromatic heterocycles. The number of nitrogens with zero attached hydrogens (tertiary/aromatic N) is 2. The Hall–Kier alpha value is -2.00. The second kappa shape index (κ2) is 6.81. The van der Waals surface area contributed by atoms with Crippen molar-refractivity contribution in [2.45, 2.75) is 13.0 Å². The summed E-state index contributed by atoms with van der Waals surface area (Å²) in [4.78, 5) is 18.4. The van der Waals surface area contributed by atoms with E-state index in [0.717, 1.165) is 24.3 Å². The van der Waals surface area contributed by atoms with E-state index in [1.165, 1.54) is 0 Å². The minimum absolute atomic E-state index is 0.188. The first kappa shape index (κ1) is 13.4. The van der Waals surface area contributed by atoms with Crippen LogP contribution in [0.3, 0.4) is 0 Å². The fraction of sp³-hybridized carbons (Fsp3) is 0.250. The molecule has 2 aromatic rings. The zero-order valence-corrected chi connectivity index (χ0v) is 11.1. The van der Waals surface area contributed by atoms with Crippen LogP contribution >= 0.6 is 0 Å². The standard InChI is InChI=1S/C16H18N2O/c1-18(13-15-9-5-6-11-17-15)12-10-16(19)14-7-3-2-4-8-14/h2-9,11H,10,12-13H2,1H3. The molecule has 0 saturated carbocycles. The summed E-state index contributed by atoms with van der Waals surface area (Å²) in [5.41, 5.74) is 1.81. The first-order valence-electron chi connectivity index (χ1n) is 6.42. The predicted molar refractivity (Wildman–Crippen MR) is 76.0 cm³/mol. The molecule has 1 heterocycles. The lowest BCUT2D eigenvalue weighted by Gasteiger charge is -2.15. The Morgan fingerprint density at radius 1 is 1.11 bits per heavy atom. The first-order valence-corrected chi connectivity index (χ1v) is 6.42. The van der Waals surface area contributed by atoms with Crippen LogP contribution in [0.2, 0.25) is 0 Å². The molecule has 0 atom stereocenters. The Morgan fingerprint density at radius 3 is 2.53 bits per heavy atom. The number of rotatable bonds is 6. The third-order valence-corrected chi connectivity index (χ3v) is 2.97. The fourth-order valence-electron chi connectivity index (χ4n) is 1.91. The number of benzene rings is 1. The first-order chi connectivity index (χ1) is 9.25. The molecule has 3 heteroatoms. The Kier molecular flexibility index (Phi) is 4.81. The van der Waals surface area contributed by atoms with E-state index in [9.17, 15) is 4.79 Å². The van der Waals surface area contributed by atoms with E-state index in [4.69, 9.17) is 0 Å². The highest BCUT2D eigenvalue weighted by molar-refractivity contribution is 5.96. The van der Waals surface area contributed by atoms with Crippen molar-refractivity contribution in [1.82, 2.24) is 9.88 Å². The van der Waals surface area contributed by atoms with Crippen molar-refractivity contribution in [1.29, 1.82) is 0 Å². The summed E-state index contributed by atoms with van der Waals surface area (Å²) in [7, 11) is 2.01. The van der Waals surface area contributed by atoms with Crippen LogP contribution in [0.25, 0.3) is 0 Å². The van der Waals surface area contributed by atoms with E-state index >= 15 is 0 Å². The van der Waals surface area contributed by atoms with Crippen molar-refractivity contribution in [2.24, 2.45) is 0 Å². The minimum atomic E-state index is 0.188. The average molecular weight is 254 g/mol. The second-order valence-electron chi connectivity index (χ2n) is 4.60. The normalized spacial score (nSPS) is 10.6.